The van der Waals surface area contributed by atoms with Crippen molar-refractivity contribution in [3.8, 4) is 0 Å². The van der Waals surface area contributed by atoms with Gasteiger partial charge in [-0.25, -0.2) is 20.4 Å². The zero-order chi connectivity index (χ0) is 13.1. The van der Waals surface area contributed by atoms with Crippen LogP contribution < -0.4 is 11.5 Å². The largest absolute Gasteiger partial charge is 0.397 e. The smallest absolute Gasteiger partial charge is 0.231 e. The van der Waals surface area contributed by atoms with Gasteiger partial charge in [-0.3, -0.25) is 0 Å². The van der Waals surface area contributed by atoms with Crippen LogP contribution in [0.25, 0.3) is 0 Å². The van der Waals surface area contributed by atoms with Crippen LogP contribution in [0.1, 0.15) is 11.1 Å². The molecule has 1 aromatic carbocycles. The first kappa shape index (κ1) is 16.0. The van der Waals surface area contributed by atoms with Crippen LogP contribution in [0.4, 0.5) is 11.4 Å². The van der Waals surface area contributed by atoms with Crippen LogP contribution in [-0.2, 0) is 9.59 Å². The topological polar surface area (TPSA) is 134 Å². The first-order valence-electron chi connectivity index (χ1n) is 4.15. The van der Waals surface area contributed by atoms with E-state index in [0.29, 0.717) is 11.4 Å². The summed E-state index contributed by atoms with van der Waals surface area (Å²) in [5.74, 6) is 0. The van der Waals surface area contributed by atoms with Gasteiger partial charge in [0.05, 0.1) is 11.4 Å². The maximum Gasteiger partial charge on any atom is 0.231 e. The Morgan fingerprint density at radius 3 is 1.75 bits per heavy atom. The van der Waals surface area contributed by atoms with E-state index in [1.807, 2.05) is 26.0 Å². The molecule has 0 saturated carbocycles. The van der Waals surface area contributed by atoms with Gasteiger partial charge >= 0.3 is 0 Å². The number of isocyanates is 2. The number of rotatable bonds is 0. The first-order valence-corrected chi connectivity index (χ1v) is 4.15. The molecule has 86 valence electrons. The molecule has 6 N–H and O–H groups in total. The molecule has 0 radical (unpaired) electrons. The zero-order valence-electron chi connectivity index (χ0n) is 9.13. The van der Waals surface area contributed by atoms with Crippen molar-refractivity contribution in [2.24, 2.45) is 0 Å². The Balaban J connectivity index is 0. The van der Waals surface area contributed by atoms with E-state index in [1.165, 1.54) is 5.56 Å². The number of nitrogens with one attached hydrogen (secondary N) is 2. The molecule has 0 fully saturated rings. The molecule has 6 heteroatoms. The Hall–Kier alpha value is -2.42. The highest BCUT2D eigenvalue weighted by atomic mass is 16.1. The number of carbonyl (C=O) groups excluding carboxylic acids is 2. The Kier molecular flexibility index (Phi) is 9.16. The molecule has 1 aromatic rings. The van der Waals surface area contributed by atoms with Crippen LogP contribution in [0.3, 0.4) is 0 Å². The number of hydrogen-bond acceptors (Lipinski definition) is 6. The van der Waals surface area contributed by atoms with Crippen molar-refractivity contribution in [3.63, 3.8) is 0 Å². The van der Waals surface area contributed by atoms with Gasteiger partial charge in [-0.15, -0.1) is 0 Å². The van der Waals surface area contributed by atoms with Crippen LogP contribution >= 0.6 is 0 Å². The molecule has 0 heterocycles. The summed E-state index contributed by atoms with van der Waals surface area (Å²) in [7, 11) is 0. The molecule has 0 spiro atoms. The van der Waals surface area contributed by atoms with Crippen LogP contribution in [0.15, 0.2) is 12.1 Å². The summed E-state index contributed by atoms with van der Waals surface area (Å²) in [5, 5.41) is 10.8. The first-order chi connectivity index (χ1) is 7.45. The number of hydrogen-bond donors (Lipinski definition) is 4. The zero-order valence-corrected chi connectivity index (χ0v) is 9.13. The second kappa shape index (κ2) is 9.15. The quantitative estimate of drug-likeness (QED) is 0.298. The fourth-order valence-corrected chi connectivity index (χ4v) is 0.858. The van der Waals surface area contributed by atoms with Gasteiger partial charge in [0.15, 0.2) is 0 Å². The van der Waals surface area contributed by atoms with Gasteiger partial charge in [-0.2, -0.15) is 0 Å². The minimum Gasteiger partial charge on any atom is -0.397 e. The number of nitrogens with two attached hydrogens (primary N) is 2. The average Bonchev–Trinajstić information content (AvgIpc) is 2.23. The summed E-state index contributed by atoms with van der Waals surface area (Å²) in [6.45, 7) is 3.99. The molecular weight excluding hydrogens is 208 g/mol. The number of benzene rings is 1. The van der Waals surface area contributed by atoms with Crippen molar-refractivity contribution < 1.29 is 9.59 Å². The lowest BCUT2D eigenvalue weighted by atomic mass is 10.1. The molecule has 0 amide bonds. The minimum atomic E-state index is 0.670. The normalized spacial score (nSPS) is 7.12. The van der Waals surface area contributed by atoms with E-state index in [1.54, 1.807) is 0 Å². The third-order valence-corrected chi connectivity index (χ3v) is 1.82. The van der Waals surface area contributed by atoms with E-state index < -0.39 is 0 Å². The summed E-state index contributed by atoms with van der Waals surface area (Å²) in [6.07, 6.45) is 1.50. The van der Waals surface area contributed by atoms with Gasteiger partial charge in [0.2, 0.25) is 12.2 Å². The van der Waals surface area contributed by atoms with Crippen molar-refractivity contribution in [2.75, 3.05) is 11.5 Å². The summed E-state index contributed by atoms with van der Waals surface area (Å²) < 4.78 is 0. The van der Waals surface area contributed by atoms with Gasteiger partial charge in [0.25, 0.3) is 0 Å². The summed E-state index contributed by atoms with van der Waals surface area (Å²) >= 11 is 0. The standard InChI is InChI=1S/C8H12N2.2CHNO/c1-5-3-4-7(9)8(10)6(5)2;2*2-1-3/h3-4H,9-10H2,1-2H3;2*2H. The molecule has 0 aliphatic carbocycles. The Bertz CT molecular complexity index is 365. The lowest BCUT2D eigenvalue weighted by Crippen LogP contribution is -1.98. The van der Waals surface area contributed by atoms with E-state index in [2.05, 4.69) is 0 Å². The molecule has 0 bridgehead atoms. The third kappa shape index (κ3) is 6.10. The molecule has 0 aromatic heterocycles. The monoisotopic (exact) mass is 222 g/mol. The summed E-state index contributed by atoms with van der Waals surface area (Å²) in [4.78, 5) is 16.7. The average molecular weight is 222 g/mol. The van der Waals surface area contributed by atoms with Gasteiger partial charge in [-0.05, 0) is 31.0 Å². The lowest BCUT2D eigenvalue weighted by Gasteiger charge is -2.05. The summed E-state index contributed by atoms with van der Waals surface area (Å²) in [5.41, 5.74) is 14.9. The number of nitrogen functional groups attached to an aromatic ring is 2. The highest BCUT2D eigenvalue weighted by Crippen LogP contribution is 2.21. The second-order valence-corrected chi connectivity index (χ2v) is 2.71. The van der Waals surface area contributed by atoms with Gasteiger partial charge < -0.3 is 11.5 Å². The molecule has 16 heavy (non-hydrogen) atoms. The Labute approximate surface area is 93.3 Å². The molecule has 0 atom stereocenters. The van der Waals surface area contributed by atoms with Crippen molar-refractivity contribution in [1.82, 2.24) is 0 Å². The van der Waals surface area contributed by atoms with Crippen molar-refractivity contribution >= 4 is 23.5 Å². The van der Waals surface area contributed by atoms with Crippen LogP contribution in [0.5, 0.6) is 0 Å². The fourth-order valence-electron chi connectivity index (χ4n) is 0.858. The van der Waals surface area contributed by atoms with Crippen molar-refractivity contribution in [3.05, 3.63) is 23.3 Å². The lowest BCUT2D eigenvalue weighted by molar-refractivity contribution is 0.562. The highest BCUT2D eigenvalue weighted by Gasteiger charge is 1.99. The van der Waals surface area contributed by atoms with Crippen LogP contribution in [-0.4, -0.2) is 12.2 Å². The van der Waals surface area contributed by atoms with Gasteiger partial charge in [0, 0.05) is 0 Å². The third-order valence-electron chi connectivity index (χ3n) is 1.82. The molecule has 0 aliphatic heterocycles. The molecule has 0 unspecified atom stereocenters. The maximum absolute atomic E-state index is 8.35. The maximum atomic E-state index is 8.35. The molecular formula is C10H14N4O2. The predicted octanol–water partition coefficient (Wildman–Crippen LogP) is 1.27. The van der Waals surface area contributed by atoms with E-state index in [9.17, 15) is 0 Å². The fraction of sp³-hybridized carbons (Fsp3) is 0.200. The predicted molar refractivity (Wildman–Crippen MR) is 61.6 cm³/mol. The molecule has 0 aliphatic rings. The molecule has 0 saturated heterocycles. The summed E-state index contributed by atoms with van der Waals surface area (Å²) in [6, 6.07) is 3.80. The number of anilines is 2. The van der Waals surface area contributed by atoms with Gasteiger partial charge in [0.1, 0.15) is 0 Å². The minimum absolute atomic E-state index is 0.670. The van der Waals surface area contributed by atoms with E-state index in [-0.39, 0.29) is 0 Å². The van der Waals surface area contributed by atoms with Crippen LogP contribution in [0, 0.1) is 24.7 Å². The molecule has 6 nitrogen and oxygen atoms in total. The van der Waals surface area contributed by atoms with Gasteiger partial charge in [-0.1, -0.05) is 6.07 Å². The van der Waals surface area contributed by atoms with E-state index in [4.69, 9.17) is 31.9 Å². The van der Waals surface area contributed by atoms with Crippen LogP contribution in [0.2, 0.25) is 0 Å². The second-order valence-electron chi connectivity index (χ2n) is 2.71. The van der Waals surface area contributed by atoms with E-state index in [0.717, 1.165) is 17.7 Å². The highest BCUT2D eigenvalue weighted by molar-refractivity contribution is 5.68. The van der Waals surface area contributed by atoms with Crippen molar-refractivity contribution in [1.29, 1.82) is 10.8 Å². The Morgan fingerprint density at radius 2 is 1.44 bits per heavy atom. The number of aryl methyl sites for hydroxylation is 1. The van der Waals surface area contributed by atoms with E-state index >= 15 is 0 Å². The SMILES string of the molecule is Cc1ccc(N)c(N)c1C.N=C=O.N=C=O. The van der Waals surface area contributed by atoms with Crippen molar-refractivity contribution in [2.45, 2.75) is 13.8 Å². The Morgan fingerprint density at radius 1 is 1.06 bits per heavy atom. The molecule has 1 rings (SSSR count).